The third-order valence-electron chi connectivity index (χ3n) is 4.38. The number of carbonyl (C=O) groups is 2. The number of nitrogens with two attached hydrogens (primary N) is 1. The number of nitrogens with zero attached hydrogens (tertiary/aromatic N) is 2. The van der Waals surface area contributed by atoms with Gasteiger partial charge in [0.15, 0.2) is 0 Å². The highest BCUT2D eigenvalue weighted by atomic mass is 16.2. The van der Waals surface area contributed by atoms with E-state index in [1.54, 1.807) is 18.7 Å². The zero-order valence-corrected chi connectivity index (χ0v) is 12.7. The van der Waals surface area contributed by atoms with Gasteiger partial charge in [0, 0.05) is 32.1 Å². The lowest BCUT2D eigenvalue weighted by molar-refractivity contribution is -0.144. The first-order valence-electron chi connectivity index (χ1n) is 7.76. The molecule has 1 saturated heterocycles. The third kappa shape index (κ3) is 3.51. The highest BCUT2D eigenvalue weighted by Crippen LogP contribution is 2.25. The molecule has 0 bridgehead atoms. The molecule has 114 valence electrons. The SMILES string of the molecule is CC(C)(N)C(=O)N1CCN(C(=O)C2CCCCC2)CC1. The number of hydrogen-bond acceptors (Lipinski definition) is 3. The summed E-state index contributed by atoms with van der Waals surface area (Å²) in [6.45, 7) is 5.98. The third-order valence-corrected chi connectivity index (χ3v) is 4.38. The molecule has 2 amide bonds. The van der Waals surface area contributed by atoms with Crippen molar-refractivity contribution < 1.29 is 9.59 Å². The van der Waals surface area contributed by atoms with E-state index in [-0.39, 0.29) is 11.8 Å². The highest BCUT2D eigenvalue weighted by Gasteiger charge is 2.33. The van der Waals surface area contributed by atoms with Crippen LogP contribution in [0.1, 0.15) is 46.0 Å². The Morgan fingerprint density at radius 2 is 1.45 bits per heavy atom. The van der Waals surface area contributed by atoms with Gasteiger partial charge in [0.2, 0.25) is 11.8 Å². The first-order valence-corrected chi connectivity index (χ1v) is 7.76. The quantitative estimate of drug-likeness (QED) is 0.820. The maximum absolute atomic E-state index is 12.4. The van der Waals surface area contributed by atoms with Crippen LogP contribution in [0.3, 0.4) is 0 Å². The van der Waals surface area contributed by atoms with E-state index in [1.807, 2.05) is 4.90 Å². The van der Waals surface area contributed by atoms with Crippen molar-refractivity contribution >= 4 is 11.8 Å². The minimum atomic E-state index is -0.824. The molecular weight excluding hydrogens is 254 g/mol. The van der Waals surface area contributed by atoms with Gasteiger partial charge in [-0.2, -0.15) is 0 Å². The lowest BCUT2D eigenvalue weighted by Gasteiger charge is -2.39. The van der Waals surface area contributed by atoms with Crippen LogP contribution in [0, 0.1) is 5.92 Å². The molecule has 20 heavy (non-hydrogen) atoms. The molecule has 0 unspecified atom stereocenters. The molecule has 0 aromatic rings. The zero-order chi connectivity index (χ0) is 14.8. The van der Waals surface area contributed by atoms with Gasteiger partial charge in [-0.05, 0) is 26.7 Å². The lowest BCUT2D eigenvalue weighted by atomic mass is 9.88. The van der Waals surface area contributed by atoms with Crippen LogP contribution in [0.15, 0.2) is 0 Å². The molecule has 2 fully saturated rings. The molecular formula is C15H27N3O2. The van der Waals surface area contributed by atoms with Crippen LogP contribution >= 0.6 is 0 Å². The smallest absolute Gasteiger partial charge is 0.242 e. The summed E-state index contributed by atoms with van der Waals surface area (Å²) in [6.07, 6.45) is 5.69. The standard InChI is InChI=1S/C15H27N3O2/c1-15(2,16)14(20)18-10-8-17(9-11-18)13(19)12-6-4-3-5-7-12/h12H,3-11,16H2,1-2H3. The molecule has 1 heterocycles. The first kappa shape index (κ1) is 15.3. The normalized spacial score (nSPS) is 21.9. The zero-order valence-electron chi connectivity index (χ0n) is 12.7. The maximum Gasteiger partial charge on any atom is 0.242 e. The molecule has 0 aromatic heterocycles. The monoisotopic (exact) mass is 281 g/mol. The highest BCUT2D eigenvalue weighted by molar-refractivity contribution is 5.85. The maximum atomic E-state index is 12.4. The molecule has 2 aliphatic rings. The summed E-state index contributed by atoms with van der Waals surface area (Å²) in [6, 6.07) is 0. The number of amides is 2. The van der Waals surface area contributed by atoms with Crippen molar-refractivity contribution in [2.45, 2.75) is 51.5 Å². The average Bonchev–Trinajstić information content (AvgIpc) is 2.46. The molecule has 0 atom stereocenters. The Kier molecular flexibility index (Phi) is 4.68. The summed E-state index contributed by atoms with van der Waals surface area (Å²) in [5.74, 6) is 0.489. The topological polar surface area (TPSA) is 66.6 Å². The number of rotatable bonds is 2. The molecule has 1 aliphatic heterocycles. The lowest BCUT2D eigenvalue weighted by Crippen LogP contribution is -2.58. The molecule has 1 saturated carbocycles. The van der Waals surface area contributed by atoms with Crippen LogP contribution in [-0.4, -0.2) is 53.3 Å². The van der Waals surface area contributed by atoms with Crippen LogP contribution in [0.2, 0.25) is 0 Å². The van der Waals surface area contributed by atoms with Crippen molar-refractivity contribution in [3.63, 3.8) is 0 Å². The van der Waals surface area contributed by atoms with Crippen LogP contribution in [0.4, 0.5) is 0 Å². The van der Waals surface area contributed by atoms with Crippen molar-refractivity contribution in [2.75, 3.05) is 26.2 Å². The van der Waals surface area contributed by atoms with Crippen molar-refractivity contribution in [1.29, 1.82) is 0 Å². The summed E-state index contributed by atoms with van der Waals surface area (Å²) in [5.41, 5.74) is 5.03. The van der Waals surface area contributed by atoms with Crippen LogP contribution in [-0.2, 0) is 9.59 Å². The van der Waals surface area contributed by atoms with E-state index in [2.05, 4.69) is 0 Å². The number of carbonyl (C=O) groups excluding carboxylic acids is 2. The Bertz CT molecular complexity index is 362. The van der Waals surface area contributed by atoms with E-state index in [9.17, 15) is 9.59 Å². The van der Waals surface area contributed by atoms with Crippen molar-refractivity contribution in [3.8, 4) is 0 Å². The minimum Gasteiger partial charge on any atom is -0.339 e. The van der Waals surface area contributed by atoms with E-state index in [1.165, 1.54) is 19.3 Å². The van der Waals surface area contributed by atoms with Crippen LogP contribution in [0.25, 0.3) is 0 Å². The molecule has 0 aromatic carbocycles. The summed E-state index contributed by atoms with van der Waals surface area (Å²) >= 11 is 0. The van der Waals surface area contributed by atoms with Gasteiger partial charge in [-0.25, -0.2) is 0 Å². The Morgan fingerprint density at radius 3 is 1.95 bits per heavy atom. The molecule has 2 rings (SSSR count). The second-order valence-electron chi connectivity index (χ2n) is 6.67. The number of piperazine rings is 1. The summed E-state index contributed by atoms with van der Waals surface area (Å²) in [5, 5.41) is 0. The molecule has 5 heteroatoms. The van der Waals surface area contributed by atoms with Gasteiger partial charge in [0.1, 0.15) is 0 Å². The largest absolute Gasteiger partial charge is 0.339 e. The Labute approximate surface area is 121 Å². The van der Waals surface area contributed by atoms with Gasteiger partial charge in [-0.15, -0.1) is 0 Å². The molecule has 1 aliphatic carbocycles. The molecule has 0 spiro atoms. The van der Waals surface area contributed by atoms with Crippen molar-refractivity contribution in [3.05, 3.63) is 0 Å². The van der Waals surface area contributed by atoms with Crippen LogP contribution in [0.5, 0.6) is 0 Å². The van der Waals surface area contributed by atoms with E-state index < -0.39 is 5.54 Å². The minimum absolute atomic E-state index is 0.0257. The van der Waals surface area contributed by atoms with Gasteiger partial charge in [-0.1, -0.05) is 19.3 Å². The van der Waals surface area contributed by atoms with Crippen molar-refractivity contribution in [2.24, 2.45) is 11.7 Å². The van der Waals surface area contributed by atoms with Gasteiger partial charge in [-0.3, -0.25) is 9.59 Å². The van der Waals surface area contributed by atoms with Crippen LogP contribution < -0.4 is 5.73 Å². The fourth-order valence-electron chi connectivity index (χ4n) is 3.15. The van der Waals surface area contributed by atoms with E-state index in [0.29, 0.717) is 32.1 Å². The fraction of sp³-hybridized carbons (Fsp3) is 0.867. The van der Waals surface area contributed by atoms with Gasteiger partial charge < -0.3 is 15.5 Å². The van der Waals surface area contributed by atoms with E-state index in [0.717, 1.165) is 12.8 Å². The fourth-order valence-corrected chi connectivity index (χ4v) is 3.15. The van der Waals surface area contributed by atoms with E-state index >= 15 is 0 Å². The molecule has 0 radical (unpaired) electrons. The van der Waals surface area contributed by atoms with Gasteiger partial charge in [0.25, 0.3) is 0 Å². The summed E-state index contributed by atoms with van der Waals surface area (Å²) < 4.78 is 0. The van der Waals surface area contributed by atoms with Gasteiger partial charge in [0.05, 0.1) is 5.54 Å². The van der Waals surface area contributed by atoms with Gasteiger partial charge >= 0.3 is 0 Å². The Balaban J connectivity index is 1.84. The predicted molar refractivity (Wildman–Crippen MR) is 78.0 cm³/mol. The summed E-state index contributed by atoms with van der Waals surface area (Å²) in [7, 11) is 0. The average molecular weight is 281 g/mol. The second-order valence-corrected chi connectivity index (χ2v) is 6.67. The first-order chi connectivity index (χ1) is 9.39. The summed E-state index contributed by atoms with van der Waals surface area (Å²) in [4.78, 5) is 28.2. The Morgan fingerprint density at radius 1 is 0.950 bits per heavy atom. The second kappa shape index (κ2) is 6.12. The Hall–Kier alpha value is -1.10. The predicted octanol–water partition coefficient (Wildman–Crippen LogP) is 0.975. The molecule has 5 nitrogen and oxygen atoms in total. The molecule has 2 N–H and O–H groups in total. The number of hydrogen-bond donors (Lipinski definition) is 1. The van der Waals surface area contributed by atoms with E-state index in [4.69, 9.17) is 5.73 Å². The van der Waals surface area contributed by atoms with Crippen molar-refractivity contribution in [1.82, 2.24) is 9.80 Å².